The van der Waals surface area contributed by atoms with Gasteiger partial charge in [0.05, 0.1) is 12.8 Å². The van der Waals surface area contributed by atoms with Crippen molar-refractivity contribution in [3.05, 3.63) is 84.4 Å². The molecule has 0 fully saturated rings. The lowest BCUT2D eigenvalue weighted by atomic mass is 10.2. The average Bonchev–Trinajstić information content (AvgIpc) is 2.63. The van der Waals surface area contributed by atoms with Crippen LogP contribution < -0.4 is 15.4 Å². The van der Waals surface area contributed by atoms with E-state index in [9.17, 15) is 4.79 Å². The van der Waals surface area contributed by atoms with Crippen LogP contribution in [0.5, 0.6) is 5.75 Å². The van der Waals surface area contributed by atoms with Gasteiger partial charge in [0.2, 0.25) is 0 Å². The molecule has 0 heterocycles. The summed E-state index contributed by atoms with van der Waals surface area (Å²) in [7, 11) is 1.62. The number of hydrogen-bond acceptors (Lipinski definition) is 3. The van der Waals surface area contributed by atoms with Gasteiger partial charge in [-0.1, -0.05) is 36.4 Å². The summed E-state index contributed by atoms with van der Waals surface area (Å²) in [4.78, 5) is 12.3. The normalized spacial score (nSPS) is 10.0. The third-order valence-electron chi connectivity index (χ3n) is 3.55. The van der Waals surface area contributed by atoms with E-state index in [0.29, 0.717) is 17.0 Å². The molecule has 24 heavy (non-hydrogen) atoms. The highest BCUT2D eigenvalue weighted by Gasteiger charge is 2.09. The van der Waals surface area contributed by atoms with Crippen molar-refractivity contribution in [2.24, 2.45) is 0 Å². The van der Waals surface area contributed by atoms with E-state index in [2.05, 4.69) is 10.6 Å². The molecule has 3 rings (SSSR count). The number of amides is 1. The maximum Gasteiger partial charge on any atom is 0.255 e. The van der Waals surface area contributed by atoms with Crippen molar-refractivity contribution in [1.82, 2.24) is 0 Å². The minimum Gasteiger partial charge on any atom is -0.495 e. The molecular weight excluding hydrogens is 300 g/mol. The molecule has 3 aromatic rings. The van der Waals surface area contributed by atoms with E-state index in [1.165, 1.54) is 0 Å². The van der Waals surface area contributed by atoms with Crippen molar-refractivity contribution >= 4 is 23.0 Å². The highest BCUT2D eigenvalue weighted by molar-refractivity contribution is 6.04. The van der Waals surface area contributed by atoms with Crippen LogP contribution in [0.2, 0.25) is 0 Å². The maximum atomic E-state index is 12.3. The fourth-order valence-corrected chi connectivity index (χ4v) is 2.35. The lowest BCUT2D eigenvalue weighted by molar-refractivity contribution is 0.102. The molecule has 0 bridgehead atoms. The van der Waals surface area contributed by atoms with Gasteiger partial charge in [-0.3, -0.25) is 4.79 Å². The second-order valence-corrected chi connectivity index (χ2v) is 5.23. The molecule has 120 valence electrons. The minimum absolute atomic E-state index is 0.147. The largest absolute Gasteiger partial charge is 0.495 e. The van der Waals surface area contributed by atoms with Gasteiger partial charge in [-0.2, -0.15) is 0 Å². The Bertz CT molecular complexity index is 818. The lowest BCUT2D eigenvalue weighted by Crippen LogP contribution is -2.11. The van der Waals surface area contributed by atoms with Crippen LogP contribution in [0.25, 0.3) is 0 Å². The quantitative estimate of drug-likeness (QED) is 0.717. The first-order valence-electron chi connectivity index (χ1n) is 7.63. The van der Waals surface area contributed by atoms with E-state index in [0.717, 1.165) is 11.4 Å². The molecule has 4 nitrogen and oxygen atoms in total. The first-order chi connectivity index (χ1) is 11.8. The summed E-state index contributed by atoms with van der Waals surface area (Å²) in [5.41, 5.74) is 3.05. The van der Waals surface area contributed by atoms with Gasteiger partial charge in [0.25, 0.3) is 5.91 Å². The number of nitrogens with one attached hydrogen (secondary N) is 2. The number of benzene rings is 3. The molecule has 2 N–H and O–H groups in total. The molecular formula is C20H18N2O2. The fourth-order valence-electron chi connectivity index (χ4n) is 2.35. The van der Waals surface area contributed by atoms with Crippen molar-refractivity contribution in [2.45, 2.75) is 0 Å². The molecule has 0 radical (unpaired) electrons. The fraction of sp³-hybridized carbons (Fsp3) is 0.0500. The zero-order chi connectivity index (χ0) is 16.8. The molecule has 3 aromatic carbocycles. The summed E-state index contributed by atoms with van der Waals surface area (Å²) < 4.78 is 5.39. The van der Waals surface area contributed by atoms with Gasteiger partial charge in [-0.15, -0.1) is 0 Å². The van der Waals surface area contributed by atoms with Gasteiger partial charge in [0.1, 0.15) is 5.75 Å². The molecule has 0 saturated heterocycles. The van der Waals surface area contributed by atoms with E-state index in [1.54, 1.807) is 19.2 Å². The van der Waals surface area contributed by atoms with Crippen molar-refractivity contribution in [3.63, 3.8) is 0 Å². The van der Waals surface area contributed by atoms with Crippen LogP contribution in [0.4, 0.5) is 17.1 Å². The number of rotatable bonds is 5. The average molecular weight is 318 g/mol. The van der Waals surface area contributed by atoms with Crippen LogP contribution in [-0.4, -0.2) is 13.0 Å². The molecule has 0 saturated carbocycles. The van der Waals surface area contributed by atoms with E-state index in [4.69, 9.17) is 4.74 Å². The van der Waals surface area contributed by atoms with Crippen LogP contribution >= 0.6 is 0 Å². The first-order valence-corrected chi connectivity index (χ1v) is 7.63. The number of hydrogen-bond donors (Lipinski definition) is 2. The monoisotopic (exact) mass is 318 g/mol. The Morgan fingerprint density at radius 1 is 0.833 bits per heavy atom. The van der Waals surface area contributed by atoms with Crippen LogP contribution in [0, 0.1) is 0 Å². The van der Waals surface area contributed by atoms with Gasteiger partial charge >= 0.3 is 0 Å². The maximum absolute atomic E-state index is 12.3. The third kappa shape index (κ3) is 3.73. The molecule has 4 heteroatoms. The second kappa shape index (κ2) is 7.33. The van der Waals surface area contributed by atoms with Gasteiger partial charge in [-0.25, -0.2) is 0 Å². The van der Waals surface area contributed by atoms with Gasteiger partial charge in [0, 0.05) is 16.9 Å². The van der Waals surface area contributed by atoms with Gasteiger partial charge in [-0.05, 0) is 42.5 Å². The molecule has 0 aliphatic rings. The van der Waals surface area contributed by atoms with E-state index in [-0.39, 0.29) is 5.91 Å². The molecule has 1 amide bonds. The van der Waals surface area contributed by atoms with Crippen LogP contribution in [0.15, 0.2) is 78.9 Å². The topological polar surface area (TPSA) is 50.4 Å². The summed E-state index contributed by atoms with van der Waals surface area (Å²) in [6, 6.07) is 24.4. The Labute approximate surface area is 141 Å². The van der Waals surface area contributed by atoms with Crippen LogP contribution in [0.1, 0.15) is 10.4 Å². The molecule has 0 unspecified atom stereocenters. The SMILES string of the molecule is COc1ccc(NC(=O)c2ccccc2)cc1Nc1ccccc1. The number of ether oxygens (including phenoxy) is 1. The minimum atomic E-state index is -0.147. The molecule has 0 aromatic heterocycles. The van der Waals surface area contributed by atoms with Crippen molar-refractivity contribution < 1.29 is 9.53 Å². The standard InChI is InChI=1S/C20H18N2O2/c1-24-19-13-12-17(22-20(23)15-8-4-2-5-9-15)14-18(19)21-16-10-6-3-7-11-16/h2-14,21H,1H3,(H,22,23). The van der Waals surface area contributed by atoms with Crippen molar-refractivity contribution in [1.29, 1.82) is 0 Å². The molecule has 0 atom stereocenters. The first kappa shape index (κ1) is 15.6. The Hall–Kier alpha value is -3.27. The van der Waals surface area contributed by atoms with E-state index >= 15 is 0 Å². The Morgan fingerprint density at radius 3 is 2.17 bits per heavy atom. The summed E-state index contributed by atoms with van der Waals surface area (Å²) in [6.07, 6.45) is 0. The number of carbonyl (C=O) groups is 1. The highest BCUT2D eigenvalue weighted by Crippen LogP contribution is 2.30. The second-order valence-electron chi connectivity index (χ2n) is 5.23. The third-order valence-corrected chi connectivity index (χ3v) is 3.55. The van der Waals surface area contributed by atoms with Crippen molar-refractivity contribution in [2.75, 3.05) is 17.7 Å². The summed E-state index contributed by atoms with van der Waals surface area (Å²) >= 11 is 0. The Balaban J connectivity index is 1.82. The molecule has 0 spiro atoms. The van der Waals surface area contributed by atoms with Crippen molar-refractivity contribution in [3.8, 4) is 5.75 Å². The van der Waals surface area contributed by atoms with E-state index < -0.39 is 0 Å². The number of para-hydroxylation sites is 1. The smallest absolute Gasteiger partial charge is 0.255 e. The predicted molar refractivity (Wildman–Crippen MR) is 97.1 cm³/mol. The molecule has 0 aliphatic carbocycles. The summed E-state index contributed by atoms with van der Waals surface area (Å²) in [5.74, 6) is 0.558. The Morgan fingerprint density at radius 2 is 1.50 bits per heavy atom. The van der Waals surface area contributed by atoms with E-state index in [1.807, 2.05) is 66.7 Å². The van der Waals surface area contributed by atoms with Crippen LogP contribution in [-0.2, 0) is 0 Å². The zero-order valence-electron chi connectivity index (χ0n) is 13.3. The number of carbonyl (C=O) groups excluding carboxylic acids is 1. The van der Waals surface area contributed by atoms with Gasteiger partial charge in [0.15, 0.2) is 0 Å². The highest BCUT2D eigenvalue weighted by atomic mass is 16.5. The number of methoxy groups -OCH3 is 1. The van der Waals surface area contributed by atoms with Crippen LogP contribution in [0.3, 0.4) is 0 Å². The zero-order valence-corrected chi connectivity index (χ0v) is 13.3. The Kier molecular flexibility index (Phi) is 4.77. The summed E-state index contributed by atoms with van der Waals surface area (Å²) in [6.45, 7) is 0. The number of anilines is 3. The predicted octanol–water partition coefficient (Wildman–Crippen LogP) is 4.69. The van der Waals surface area contributed by atoms with Gasteiger partial charge < -0.3 is 15.4 Å². The summed E-state index contributed by atoms with van der Waals surface area (Å²) in [5, 5.41) is 6.20. The molecule has 0 aliphatic heterocycles. The lowest BCUT2D eigenvalue weighted by Gasteiger charge is -2.13.